The zero-order valence-corrected chi connectivity index (χ0v) is 96.8. The van der Waals surface area contributed by atoms with Gasteiger partial charge in [0.15, 0.2) is 0 Å². The Bertz CT molecular complexity index is 3180. The summed E-state index contributed by atoms with van der Waals surface area (Å²) in [5.41, 5.74) is -1.74. The molecule has 1 atom stereocenters. The molecule has 0 bridgehead atoms. The molecule has 0 radical (unpaired) electrons. The summed E-state index contributed by atoms with van der Waals surface area (Å²) < 4.78 is 26.3. The highest BCUT2D eigenvalue weighted by Gasteiger charge is 2.35. The van der Waals surface area contributed by atoms with Gasteiger partial charge in [-0.15, -0.1) is 0 Å². The first kappa shape index (κ1) is 140. The summed E-state index contributed by atoms with van der Waals surface area (Å²) in [5, 5.41) is 11.7. The van der Waals surface area contributed by atoms with Crippen LogP contribution in [-0.2, 0) is 71.6 Å². The molecular weight excluding hydrogens is 1710 g/mol. The molecule has 0 aliphatic carbocycles. The van der Waals surface area contributed by atoms with Crippen LogP contribution >= 0.6 is 0 Å². The number of hydrogen-bond acceptors (Lipinski definition) is 21. The van der Waals surface area contributed by atoms with Crippen LogP contribution in [-0.4, -0.2) is 390 Å². The first-order valence-electron chi connectivity index (χ1n) is 50.0. The summed E-state index contributed by atoms with van der Waals surface area (Å²) in [6.07, 6.45) is 5.70. The molecule has 0 rings (SSSR count). The van der Waals surface area contributed by atoms with E-state index in [1.54, 1.807) is 35.0 Å². The van der Waals surface area contributed by atoms with Gasteiger partial charge in [0.05, 0.1) is 58.8 Å². The normalized spacial score (nSPS) is 12.8. The Morgan fingerprint density at radius 2 is 0.452 bits per heavy atom. The molecule has 0 aromatic carbocycles. The van der Waals surface area contributed by atoms with E-state index < -0.39 is 11.4 Å². The molecule has 29 heteroatoms. The summed E-state index contributed by atoms with van der Waals surface area (Å²) in [6, 6.07) is 0. The number of aliphatic carboxylic acids is 1. The number of carbonyl (C=O) groups excluding carboxylic acids is 9. The van der Waals surface area contributed by atoms with Crippen molar-refractivity contribution in [3.8, 4) is 0 Å². The van der Waals surface area contributed by atoms with Crippen LogP contribution in [0.1, 0.15) is 328 Å². The fourth-order valence-electron chi connectivity index (χ4n) is 11.9. The van der Waals surface area contributed by atoms with E-state index in [4.69, 9.17) is 28.8 Å². The standard InChI is InChI=1S/C19H40N2O4.C19H38N2O3.C17H35N3O2.C17H36N2O3.2C17H34N2O2/c1-18(2,3)17(22)21(10-9-20(7)19(4,5)6)11-12-24-15-16-25-14-13-23-8;1-15(16(22)23)11-9-10-12-21(17(24)18(2,3)4)14-13-20(8)19(5,6)7;1-14(21)18-10-9-11-20(15(22)16(2,3)4)13-12-19(8)17(5,6)7;1-16(2,3)15(20)19(11-12-22-14-13-21-8)10-9-18(7)17(4,5)6;2*1-14(20)10-9-11-19(15(21)16(2,3)4)13-12-18(8)17(5,6)7/h9-16H2,1-8H3;15H,9-14H2,1-8H3,(H,22,23);9-13H2,1-8H3,(H,18,21);9-14H2,1-8H3;2*9-13H2,1-8H3/t;15-;;;;/m.0..../s1. The van der Waals surface area contributed by atoms with Crippen molar-refractivity contribution in [1.82, 2.24) is 64.1 Å². The molecule has 802 valence electrons. The predicted molar refractivity (Wildman–Crippen MR) is 560 cm³/mol. The lowest BCUT2D eigenvalue weighted by Crippen LogP contribution is -2.47. The van der Waals surface area contributed by atoms with Crippen molar-refractivity contribution in [3.63, 3.8) is 0 Å². The van der Waals surface area contributed by atoms with Gasteiger partial charge in [0.2, 0.25) is 41.4 Å². The number of Topliss-reactive ketones (excluding diaryl/α,β-unsaturated/α-hetero) is 2. The molecule has 0 aromatic heterocycles. The number of unbranched alkanes of at least 4 members (excludes halogenated alkanes) is 1. The Kier molecular flexibility index (Phi) is 69.9. The second-order valence-electron chi connectivity index (χ2n) is 48.8. The molecule has 7 amide bonds. The van der Waals surface area contributed by atoms with Crippen LogP contribution in [0.2, 0.25) is 0 Å². The van der Waals surface area contributed by atoms with Crippen molar-refractivity contribution < 1.29 is 76.7 Å². The highest BCUT2D eigenvalue weighted by Crippen LogP contribution is 2.26. The fourth-order valence-corrected chi connectivity index (χ4v) is 11.9. The average molecular weight is 1930 g/mol. The average Bonchev–Trinajstić information content (AvgIpc) is 0.876. The molecule has 135 heavy (non-hydrogen) atoms. The zero-order valence-electron chi connectivity index (χ0n) is 96.8. The van der Waals surface area contributed by atoms with Crippen molar-refractivity contribution in [2.45, 2.75) is 362 Å². The summed E-state index contributed by atoms with van der Waals surface area (Å²) in [6.45, 7) is 98.9. The van der Waals surface area contributed by atoms with Crippen molar-refractivity contribution in [3.05, 3.63) is 0 Å². The number of nitrogens with one attached hydrogen (secondary N) is 1. The third kappa shape index (κ3) is 73.4. The number of carboxylic acids is 1. The highest BCUT2D eigenvalue weighted by molar-refractivity contribution is 5.84. The van der Waals surface area contributed by atoms with E-state index >= 15 is 0 Å². The maximum Gasteiger partial charge on any atom is 0.306 e. The Labute approximate surface area is 829 Å². The molecule has 0 spiro atoms. The molecule has 0 fully saturated rings. The lowest BCUT2D eigenvalue weighted by Gasteiger charge is -2.35. The van der Waals surface area contributed by atoms with Gasteiger partial charge in [-0.2, -0.15) is 0 Å². The lowest BCUT2D eigenvalue weighted by molar-refractivity contribution is -0.142. The van der Waals surface area contributed by atoms with E-state index in [2.05, 4.69) is 202 Å². The van der Waals surface area contributed by atoms with Gasteiger partial charge in [-0.1, -0.05) is 138 Å². The number of hydrogen-bond donors (Lipinski definition) is 2. The van der Waals surface area contributed by atoms with Crippen LogP contribution in [0.3, 0.4) is 0 Å². The topological polar surface area (TPSA) is 288 Å². The maximum absolute atomic E-state index is 12.7. The smallest absolute Gasteiger partial charge is 0.306 e. The van der Waals surface area contributed by atoms with E-state index in [0.29, 0.717) is 151 Å². The number of likely N-dealkylation sites (N-methyl/N-ethyl adjacent to an activating group) is 6. The van der Waals surface area contributed by atoms with Gasteiger partial charge in [-0.25, -0.2) is 0 Å². The zero-order chi connectivity index (χ0) is 107. The third-order valence-electron chi connectivity index (χ3n) is 23.6. The largest absolute Gasteiger partial charge is 0.481 e. The number of carbonyl (C=O) groups is 10. The van der Waals surface area contributed by atoms with Crippen LogP contribution in [0, 0.1) is 38.4 Å². The summed E-state index contributed by atoms with van der Waals surface area (Å²) >= 11 is 0. The molecule has 0 saturated heterocycles. The molecule has 29 nitrogen and oxygen atoms in total. The molecule has 0 unspecified atom stereocenters. The van der Waals surface area contributed by atoms with Crippen molar-refractivity contribution in [2.75, 3.05) is 234 Å². The number of amides is 7. The monoisotopic (exact) mass is 1930 g/mol. The summed E-state index contributed by atoms with van der Waals surface area (Å²) in [5.74, 6) is 0.264. The molecule has 0 heterocycles. The Morgan fingerprint density at radius 1 is 0.259 bits per heavy atom. The predicted octanol–water partition coefficient (Wildman–Crippen LogP) is 16.0. The van der Waals surface area contributed by atoms with Crippen molar-refractivity contribution in [1.29, 1.82) is 0 Å². The van der Waals surface area contributed by atoms with E-state index in [0.717, 1.165) is 77.9 Å². The Morgan fingerprint density at radius 3 is 0.637 bits per heavy atom. The van der Waals surface area contributed by atoms with Gasteiger partial charge < -0.3 is 73.1 Å². The number of carboxylic acid groups (broad SMARTS) is 1. The first-order valence-corrected chi connectivity index (χ1v) is 50.0. The molecule has 0 aromatic rings. The number of ether oxygens (including phenoxy) is 5. The Balaban J connectivity index is -0.000000370. The van der Waals surface area contributed by atoms with Gasteiger partial charge in [-0.3, -0.25) is 67.8 Å². The number of ketones is 2. The van der Waals surface area contributed by atoms with E-state index in [-0.39, 0.29) is 119 Å². The number of nitrogens with zero attached hydrogens (tertiary/aromatic N) is 12. The van der Waals surface area contributed by atoms with Gasteiger partial charge in [0, 0.05) is 224 Å². The fraction of sp³-hybridized carbons (Fsp3) is 0.906. The second-order valence-corrected chi connectivity index (χ2v) is 48.8. The van der Waals surface area contributed by atoms with Crippen LogP contribution in [0.5, 0.6) is 0 Å². The molecular formula is C106H217N13O16. The summed E-state index contributed by atoms with van der Waals surface area (Å²) in [4.78, 5) is 145. The minimum absolute atomic E-state index is 0.0267. The highest BCUT2D eigenvalue weighted by atomic mass is 16.5. The number of rotatable bonds is 51. The Hall–Kier alpha value is -5.34. The molecule has 0 aliphatic heterocycles. The van der Waals surface area contributed by atoms with Crippen LogP contribution in [0.15, 0.2) is 0 Å². The van der Waals surface area contributed by atoms with Crippen LogP contribution < -0.4 is 5.32 Å². The number of methoxy groups -OCH3 is 2. The minimum Gasteiger partial charge on any atom is -0.481 e. The quantitative estimate of drug-likeness (QED) is 0.0535. The molecule has 0 saturated carbocycles. The van der Waals surface area contributed by atoms with Crippen LogP contribution in [0.25, 0.3) is 0 Å². The molecule has 2 N–H and O–H groups in total. The van der Waals surface area contributed by atoms with Gasteiger partial charge in [0.1, 0.15) is 11.6 Å². The van der Waals surface area contributed by atoms with E-state index in [1.165, 1.54) is 6.92 Å². The lowest BCUT2D eigenvalue weighted by atomic mass is 9.94. The van der Waals surface area contributed by atoms with Crippen molar-refractivity contribution >= 4 is 58.9 Å². The van der Waals surface area contributed by atoms with Crippen molar-refractivity contribution in [2.24, 2.45) is 38.4 Å². The van der Waals surface area contributed by atoms with E-state index in [9.17, 15) is 47.9 Å². The summed E-state index contributed by atoms with van der Waals surface area (Å²) in [7, 11) is 15.8. The van der Waals surface area contributed by atoms with E-state index in [1.807, 2.05) is 154 Å². The minimum atomic E-state index is -0.746. The third-order valence-corrected chi connectivity index (χ3v) is 23.6. The van der Waals surface area contributed by atoms with Gasteiger partial charge >= 0.3 is 5.97 Å². The maximum atomic E-state index is 12.7. The van der Waals surface area contributed by atoms with Gasteiger partial charge in [0.25, 0.3) is 0 Å². The second kappa shape index (κ2) is 67.2. The van der Waals surface area contributed by atoms with Crippen LogP contribution in [0.4, 0.5) is 0 Å². The van der Waals surface area contributed by atoms with Gasteiger partial charge in [-0.05, 0) is 213 Å². The SMILES string of the molecule is CC(=O)CCCN(CCN(C)C(C)(C)C)C(=O)C(C)(C)C.CC(=O)CCCN(CCN(C)C(C)(C)C)C(=O)C(C)(C)C.CC(=O)NCCCN(CCN(C)C(C)(C)C)C(=O)C(C)(C)C.COCCOCCN(CCN(C)C(C)(C)C)C(=O)C(C)(C)C.COCCOCCOCCN(CCN(C)C(C)(C)C)C(=O)C(C)(C)C.C[C@@H](CCCCN(CCN(C)C(C)(C)C)C(=O)C(C)(C)C)C(=O)O. The molecule has 0 aliphatic rings. The first-order chi connectivity index (χ1) is 60.8.